The van der Waals surface area contributed by atoms with E-state index in [4.69, 9.17) is 19.4 Å². The highest BCUT2D eigenvalue weighted by Crippen LogP contribution is 2.28. The number of rotatable bonds is 2. The second kappa shape index (κ2) is 7.65. The highest BCUT2D eigenvalue weighted by Gasteiger charge is 2.42. The number of nitrogens with zero attached hydrogens (tertiary/aromatic N) is 1. The molecule has 1 aliphatic heterocycles. The average molecular weight is 287 g/mol. The number of hydrogen-bond acceptors (Lipinski definition) is 5. The molecule has 1 N–H and O–H groups in total. The van der Waals surface area contributed by atoms with E-state index in [1.165, 1.54) is 4.90 Å². The summed E-state index contributed by atoms with van der Waals surface area (Å²) >= 11 is 0. The minimum absolute atomic E-state index is 0.0223. The van der Waals surface area contributed by atoms with Crippen LogP contribution < -0.4 is 0 Å². The molecule has 1 rings (SSSR count). The molecule has 0 aromatic carbocycles. The number of hydrogen-bond donors (Lipinski definition) is 1. The largest absolute Gasteiger partial charge is 0.480 e. The zero-order valence-corrected chi connectivity index (χ0v) is 12.2. The Morgan fingerprint density at radius 2 is 1.80 bits per heavy atom. The third-order valence-corrected chi connectivity index (χ3v) is 2.86. The van der Waals surface area contributed by atoms with E-state index < -0.39 is 23.7 Å². The molecule has 0 unspecified atom stereocenters. The van der Waals surface area contributed by atoms with Crippen LogP contribution in [0, 0.1) is 0 Å². The van der Waals surface area contributed by atoms with E-state index in [-0.39, 0.29) is 12.2 Å². The Kier molecular flexibility index (Phi) is 6.93. The van der Waals surface area contributed by atoms with Crippen molar-refractivity contribution in [2.24, 2.45) is 0 Å². The molecule has 1 saturated heterocycles. The Balaban J connectivity index is 0.00000110. The van der Waals surface area contributed by atoms with Gasteiger partial charge in [0.15, 0.2) is 0 Å². The summed E-state index contributed by atoms with van der Waals surface area (Å²) in [6.45, 7) is 7.28. The van der Waals surface area contributed by atoms with Crippen LogP contribution in [0.4, 0.5) is 4.79 Å². The molecule has 0 bridgehead atoms. The van der Waals surface area contributed by atoms with Crippen LogP contribution in [0.3, 0.4) is 0 Å². The molecule has 2 atom stereocenters. The molecular weight excluding hydrogens is 266 g/mol. The van der Waals surface area contributed by atoms with Crippen LogP contribution >= 0.6 is 0 Å². The normalized spacial score (nSPS) is 21.5. The lowest BCUT2D eigenvalue weighted by atomic mass is 10.1. The van der Waals surface area contributed by atoms with Gasteiger partial charge in [0.05, 0.1) is 0 Å². The number of amides is 1. The van der Waals surface area contributed by atoms with Crippen LogP contribution in [-0.4, -0.2) is 45.9 Å². The maximum atomic E-state index is 12.0. The Hall–Kier alpha value is -1.88. The standard InChI is InChI=1S/C12H21NO4.CO2/c1-5-8-6-7-9(10(14)15)13(8)11(16)17-12(2,3)4;2-1-3/h8-9H,5-7H2,1-4H3,(H,14,15);/t8-,9-;/m1./s1. The summed E-state index contributed by atoms with van der Waals surface area (Å²) in [5.74, 6) is -0.952. The van der Waals surface area contributed by atoms with Crippen LogP contribution in [0.15, 0.2) is 0 Å². The maximum absolute atomic E-state index is 12.0. The second-order valence-electron chi connectivity index (χ2n) is 5.46. The minimum atomic E-state index is -0.952. The van der Waals surface area contributed by atoms with Gasteiger partial charge in [-0.25, -0.2) is 9.59 Å². The van der Waals surface area contributed by atoms with E-state index in [0.717, 1.165) is 12.8 Å². The third kappa shape index (κ3) is 5.40. The SMILES string of the molecule is CC[C@@H]1CC[C@H](C(=O)O)N1C(=O)OC(C)(C)C.O=C=O. The van der Waals surface area contributed by atoms with Crippen LogP contribution in [0.25, 0.3) is 0 Å². The van der Waals surface area contributed by atoms with Gasteiger partial charge in [-0.15, -0.1) is 0 Å². The van der Waals surface area contributed by atoms with Gasteiger partial charge in [0.25, 0.3) is 0 Å². The fourth-order valence-electron chi connectivity index (χ4n) is 2.12. The molecule has 1 aliphatic rings. The van der Waals surface area contributed by atoms with Gasteiger partial charge < -0.3 is 9.84 Å². The predicted molar refractivity (Wildman–Crippen MR) is 67.8 cm³/mol. The molecule has 0 aromatic heterocycles. The van der Waals surface area contributed by atoms with Crippen molar-refractivity contribution in [3.63, 3.8) is 0 Å². The minimum Gasteiger partial charge on any atom is -0.480 e. The number of aliphatic carboxylic acids is 1. The average Bonchev–Trinajstić information content (AvgIpc) is 2.71. The molecule has 20 heavy (non-hydrogen) atoms. The lowest BCUT2D eigenvalue weighted by Gasteiger charge is -2.30. The van der Waals surface area contributed by atoms with Crippen LogP contribution in [0.5, 0.6) is 0 Å². The van der Waals surface area contributed by atoms with Gasteiger partial charge in [-0.1, -0.05) is 6.92 Å². The number of likely N-dealkylation sites (tertiary alicyclic amines) is 1. The van der Waals surface area contributed by atoms with Crippen molar-refractivity contribution in [3.05, 3.63) is 0 Å². The van der Waals surface area contributed by atoms with E-state index in [9.17, 15) is 9.59 Å². The Morgan fingerprint density at radius 1 is 1.30 bits per heavy atom. The van der Waals surface area contributed by atoms with Gasteiger partial charge in [0.1, 0.15) is 11.6 Å². The smallest absolute Gasteiger partial charge is 0.411 e. The van der Waals surface area contributed by atoms with Crippen molar-refractivity contribution in [3.8, 4) is 0 Å². The van der Waals surface area contributed by atoms with E-state index in [1.54, 1.807) is 20.8 Å². The van der Waals surface area contributed by atoms with Gasteiger partial charge in [-0.2, -0.15) is 9.59 Å². The Morgan fingerprint density at radius 3 is 2.15 bits per heavy atom. The van der Waals surface area contributed by atoms with Gasteiger partial charge in [0, 0.05) is 6.04 Å². The first kappa shape index (κ1) is 18.1. The number of carboxylic acids is 1. The van der Waals surface area contributed by atoms with E-state index in [0.29, 0.717) is 6.42 Å². The summed E-state index contributed by atoms with van der Waals surface area (Å²) in [4.78, 5) is 40.7. The van der Waals surface area contributed by atoms with Crippen molar-refractivity contribution in [2.45, 2.75) is 64.6 Å². The summed E-state index contributed by atoms with van der Waals surface area (Å²) in [6.07, 6.45) is 1.72. The first-order valence-electron chi connectivity index (χ1n) is 6.41. The number of carboxylic acid groups (broad SMARTS) is 1. The van der Waals surface area contributed by atoms with Gasteiger partial charge in [-0.05, 0) is 40.0 Å². The topological polar surface area (TPSA) is 101 Å². The van der Waals surface area contributed by atoms with Gasteiger partial charge in [-0.3, -0.25) is 4.90 Å². The molecule has 1 heterocycles. The van der Waals surface area contributed by atoms with E-state index in [2.05, 4.69) is 0 Å². The van der Waals surface area contributed by atoms with E-state index >= 15 is 0 Å². The van der Waals surface area contributed by atoms with E-state index in [1.807, 2.05) is 6.92 Å². The number of carbonyl (C=O) groups is 2. The molecule has 0 radical (unpaired) electrons. The van der Waals surface area contributed by atoms with Crippen molar-refractivity contribution in [2.75, 3.05) is 0 Å². The molecule has 0 aliphatic carbocycles. The first-order valence-corrected chi connectivity index (χ1v) is 6.41. The lowest BCUT2D eigenvalue weighted by Crippen LogP contribution is -2.47. The molecule has 7 nitrogen and oxygen atoms in total. The first-order chi connectivity index (χ1) is 9.17. The molecule has 7 heteroatoms. The summed E-state index contributed by atoms with van der Waals surface area (Å²) in [6, 6.07) is -0.763. The van der Waals surface area contributed by atoms with Crippen molar-refractivity contribution >= 4 is 18.2 Å². The number of ether oxygens (including phenoxy) is 1. The second-order valence-corrected chi connectivity index (χ2v) is 5.46. The summed E-state index contributed by atoms with van der Waals surface area (Å²) < 4.78 is 5.26. The zero-order valence-electron chi connectivity index (χ0n) is 12.2. The fraction of sp³-hybridized carbons (Fsp3) is 0.769. The molecule has 0 spiro atoms. The molecule has 0 aromatic rings. The quantitative estimate of drug-likeness (QED) is 0.829. The summed E-state index contributed by atoms with van der Waals surface area (Å²) in [5.41, 5.74) is -0.596. The number of carbonyl (C=O) groups excluding carboxylic acids is 3. The van der Waals surface area contributed by atoms with Crippen LogP contribution in [-0.2, 0) is 19.1 Å². The van der Waals surface area contributed by atoms with Gasteiger partial charge >= 0.3 is 18.2 Å². The summed E-state index contributed by atoms with van der Waals surface area (Å²) in [7, 11) is 0. The fourth-order valence-corrected chi connectivity index (χ4v) is 2.12. The van der Waals surface area contributed by atoms with Crippen LogP contribution in [0.2, 0.25) is 0 Å². The monoisotopic (exact) mass is 287 g/mol. The van der Waals surface area contributed by atoms with Crippen molar-refractivity contribution in [1.82, 2.24) is 4.90 Å². The maximum Gasteiger partial charge on any atom is 0.411 e. The molecular formula is C13H21NO6. The molecule has 1 amide bonds. The Labute approximate surface area is 117 Å². The van der Waals surface area contributed by atoms with Crippen LogP contribution in [0.1, 0.15) is 47.0 Å². The highest BCUT2D eigenvalue weighted by atomic mass is 16.6. The third-order valence-electron chi connectivity index (χ3n) is 2.86. The zero-order chi connectivity index (χ0) is 15.9. The van der Waals surface area contributed by atoms with Crippen molar-refractivity contribution < 1.29 is 29.0 Å². The molecule has 1 fully saturated rings. The lowest BCUT2D eigenvalue weighted by molar-refractivity contribution is -0.191. The van der Waals surface area contributed by atoms with Gasteiger partial charge in [0.2, 0.25) is 0 Å². The van der Waals surface area contributed by atoms with Crippen molar-refractivity contribution in [1.29, 1.82) is 0 Å². The molecule has 0 saturated carbocycles. The highest BCUT2D eigenvalue weighted by molar-refractivity contribution is 5.81. The Bertz CT molecular complexity index is 381. The molecule has 114 valence electrons. The summed E-state index contributed by atoms with van der Waals surface area (Å²) in [5, 5.41) is 9.09. The predicted octanol–water partition coefficient (Wildman–Crippen LogP) is 1.67.